The van der Waals surface area contributed by atoms with Crippen molar-refractivity contribution in [2.24, 2.45) is 5.92 Å². The first-order valence-electron chi connectivity index (χ1n) is 13.9. The highest BCUT2D eigenvalue weighted by atomic mass is 16.2. The molecule has 0 radical (unpaired) electrons. The molecule has 1 heterocycles. The normalized spacial score (nSPS) is 19.8. The number of benzene rings is 3. The van der Waals surface area contributed by atoms with Crippen molar-refractivity contribution in [2.75, 3.05) is 13.1 Å². The summed E-state index contributed by atoms with van der Waals surface area (Å²) >= 11 is 0. The van der Waals surface area contributed by atoms with Gasteiger partial charge in [-0.2, -0.15) is 0 Å². The van der Waals surface area contributed by atoms with E-state index < -0.39 is 6.04 Å². The van der Waals surface area contributed by atoms with Crippen molar-refractivity contribution in [1.82, 2.24) is 10.2 Å². The molecular formula is C33H38N2O2. The van der Waals surface area contributed by atoms with Gasteiger partial charge in [-0.3, -0.25) is 9.59 Å². The number of carbonyl (C=O) groups is 2. The predicted molar refractivity (Wildman–Crippen MR) is 149 cm³/mol. The maximum Gasteiger partial charge on any atom is 0.251 e. The fourth-order valence-electron chi connectivity index (χ4n) is 5.65. The van der Waals surface area contributed by atoms with Gasteiger partial charge in [0.05, 0.1) is 0 Å². The van der Waals surface area contributed by atoms with Crippen molar-refractivity contribution >= 4 is 11.8 Å². The number of rotatable bonds is 9. The molecule has 2 fully saturated rings. The second kappa shape index (κ2) is 11.8. The smallest absolute Gasteiger partial charge is 0.251 e. The number of nitrogens with one attached hydrogen (secondary N) is 1. The zero-order chi connectivity index (χ0) is 25.6. The Morgan fingerprint density at radius 3 is 2.24 bits per heavy atom. The molecule has 2 aliphatic rings. The molecule has 0 aromatic heterocycles. The SMILES string of the molecule is Cc1ccc([C@@H]2C[C@H]2CCC[C@H](NC(=O)c2ccc(-c3ccccc3)cc2)C(=O)N2CCCCC2)cc1. The topological polar surface area (TPSA) is 49.4 Å². The van der Waals surface area contributed by atoms with Crippen LogP contribution in [0.4, 0.5) is 0 Å². The third-order valence-electron chi connectivity index (χ3n) is 8.02. The molecule has 192 valence electrons. The van der Waals surface area contributed by atoms with Gasteiger partial charge >= 0.3 is 0 Å². The van der Waals surface area contributed by atoms with Crippen molar-refractivity contribution in [3.8, 4) is 11.1 Å². The average Bonchev–Trinajstić information content (AvgIpc) is 3.73. The second-order valence-corrected chi connectivity index (χ2v) is 10.8. The fraction of sp³-hybridized carbons (Fsp3) is 0.394. The molecule has 3 atom stereocenters. The first-order valence-corrected chi connectivity index (χ1v) is 13.9. The number of hydrogen-bond acceptors (Lipinski definition) is 2. The fourth-order valence-corrected chi connectivity index (χ4v) is 5.65. The van der Waals surface area contributed by atoms with Crippen molar-refractivity contribution in [1.29, 1.82) is 0 Å². The molecule has 3 aromatic carbocycles. The monoisotopic (exact) mass is 494 g/mol. The Hall–Kier alpha value is -3.40. The van der Waals surface area contributed by atoms with E-state index in [1.54, 1.807) is 0 Å². The molecule has 2 amide bonds. The molecule has 4 nitrogen and oxygen atoms in total. The number of piperidine rings is 1. The molecule has 1 saturated carbocycles. The maximum absolute atomic E-state index is 13.4. The summed E-state index contributed by atoms with van der Waals surface area (Å²) < 4.78 is 0. The van der Waals surface area contributed by atoms with Crippen LogP contribution in [0.5, 0.6) is 0 Å². The highest BCUT2D eigenvalue weighted by Crippen LogP contribution is 2.50. The lowest BCUT2D eigenvalue weighted by atomic mass is 10.0. The van der Waals surface area contributed by atoms with E-state index in [0.29, 0.717) is 23.8 Å². The van der Waals surface area contributed by atoms with Crippen LogP contribution < -0.4 is 5.32 Å². The zero-order valence-corrected chi connectivity index (χ0v) is 21.9. The lowest BCUT2D eigenvalue weighted by Gasteiger charge is -2.31. The van der Waals surface area contributed by atoms with Crippen LogP contribution in [0.2, 0.25) is 0 Å². The molecule has 5 rings (SSSR count). The van der Waals surface area contributed by atoms with Gasteiger partial charge in [-0.1, -0.05) is 78.7 Å². The van der Waals surface area contributed by atoms with E-state index in [-0.39, 0.29) is 11.8 Å². The molecule has 1 aliphatic heterocycles. The zero-order valence-electron chi connectivity index (χ0n) is 21.9. The van der Waals surface area contributed by atoms with E-state index in [1.165, 1.54) is 24.0 Å². The summed E-state index contributed by atoms with van der Waals surface area (Å²) in [5, 5.41) is 3.10. The Labute approximate surface area is 221 Å². The molecule has 0 bridgehead atoms. The van der Waals surface area contributed by atoms with Crippen LogP contribution in [0.3, 0.4) is 0 Å². The van der Waals surface area contributed by atoms with Crippen LogP contribution >= 0.6 is 0 Å². The summed E-state index contributed by atoms with van der Waals surface area (Å²) in [4.78, 5) is 28.6. The van der Waals surface area contributed by atoms with Crippen molar-refractivity contribution < 1.29 is 9.59 Å². The first-order chi connectivity index (χ1) is 18.1. The van der Waals surface area contributed by atoms with Gasteiger partial charge in [0, 0.05) is 18.7 Å². The van der Waals surface area contributed by atoms with Crippen LogP contribution in [0.25, 0.3) is 11.1 Å². The Morgan fingerprint density at radius 1 is 0.865 bits per heavy atom. The molecule has 4 heteroatoms. The van der Waals surface area contributed by atoms with Gasteiger partial charge in [-0.15, -0.1) is 0 Å². The molecule has 3 aromatic rings. The van der Waals surface area contributed by atoms with E-state index in [9.17, 15) is 9.59 Å². The summed E-state index contributed by atoms with van der Waals surface area (Å²) in [7, 11) is 0. The van der Waals surface area contributed by atoms with E-state index >= 15 is 0 Å². The van der Waals surface area contributed by atoms with Gasteiger partial charge in [0.15, 0.2) is 0 Å². The van der Waals surface area contributed by atoms with E-state index in [2.05, 4.69) is 48.6 Å². The first kappa shape index (κ1) is 25.3. The van der Waals surface area contributed by atoms with E-state index in [0.717, 1.165) is 49.9 Å². The number of carbonyl (C=O) groups excluding carboxylic acids is 2. The largest absolute Gasteiger partial charge is 0.341 e. The molecule has 0 unspecified atom stereocenters. The predicted octanol–water partition coefficient (Wildman–Crippen LogP) is 6.75. The summed E-state index contributed by atoms with van der Waals surface area (Å²) in [6.45, 7) is 3.73. The van der Waals surface area contributed by atoms with Gasteiger partial charge in [-0.05, 0) is 86.1 Å². The van der Waals surface area contributed by atoms with Crippen molar-refractivity contribution in [3.05, 3.63) is 95.6 Å². The Balaban J connectivity index is 1.20. The number of nitrogens with zero attached hydrogens (tertiary/aromatic N) is 1. The minimum atomic E-state index is -0.462. The minimum absolute atomic E-state index is 0.0832. The summed E-state index contributed by atoms with van der Waals surface area (Å²) in [6.07, 6.45) is 7.25. The average molecular weight is 495 g/mol. The van der Waals surface area contributed by atoms with Gasteiger partial charge in [-0.25, -0.2) is 0 Å². The lowest BCUT2D eigenvalue weighted by Crippen LogP contribution is -2.50. The van der Waals surface area contributed by atoms with Crippen LogP contribution in [0.1, 0.15) is 72.3 Å². The van der Waals surface area contributed by atoms with Gasteiger partial charge in [0.1, 0.15) is 6.04 Å². The number of aryl methyl sites for hydroxylation is 1. The summed E-state index contributed by atoms with van der Waals surface area (Å²) in [5.41, 5.74) is 5.52. The number of amides is 2. The number of hydrogen-bond donors (Lipinski definition) is 1. The van der Waals surface area contributed by atoms with Gasteiger partial charge in [0.25, 0.3) is 5.91 Å². The van der Waals surface area contributed by atoms with E-state index in [1.807, 2.05) is 47.4 Å². The summed E-state index contributed by atoms with van der Waals surface area (Å²) in [5.74, 6) is 1.25. The highest BCUT2D eigenvalue weighted by molar-refractivity contribution is 5.98. The number of likely N-dealkylation sites (tertiary alicyclic amines) is 1. The van der Waals surface area contributed by atoms with Crippen LogP contribution in [0, 0.1) is 12.8 Å². The molecule has 1 saturated heterocycles. The Morgan fingerprint density at radius 2 is 1.54 bits per heavy atom. The maximum atomic E-state index is 13.4. The van der Waals surface area contributed by atoms with Crippen LogP contribution in [-0.2, 0) is 4.79 Å². The Kier molecular flexibility index (Phi) is 8.03. The van der Waals surface area contributed by atoms with Crippen LogP contribution in [0.15, 0.2) is 78.9 Å². The highest BCUT2D eigenvalue weighted by Gasteiger charge is 2.38. The molecule has 37 heavy (non-hydrogen) atoms. The third-order valence-corrected chi connectivity index (χ3v) is 8.02. The second-order valence-electron chi connectivity index (χ2n) is 10.8. The Bertz CT molecular complexity index is 1180. The van der Waals surface area contributed by atoms with Gasteiger partial charge in [0.2, 0.25) is 5.91 Å². The molecule has 0 spiro atoms. The minimum Gasteiger partial charge on any atom is -0.341 e. The molecule has 1 N–H and O–H groups in total. The standard InChI is InChI=1S/C33H38N2O2/c1-24-13-15-27(16-14-24)30-23-29(30)11-8-12-31(33(37)35-21-6-3-7-22-35)34-32(36)28-19-17-26(18-20-28)25-9-4-2-5-10-25/h2,4-5,9-10,13-20,29-31H,3,6-8,11-12,21-23H2,1H3,(H,34,36)/t29-,30+,31+/m1/s1. The lowest BCUT2D eigenvalue weighted by molar-refractivity contribution is -0.134. The van der Waals surface area contributed by atoms with Crippen LogP contribution in [-0.4, -0.2) is 35.8 Å². The van der Waals surface area contributed by atoms with Gasteiger partial charge < -0.3 is 10.2 Å². The quantitative estimate of drug-likeness (QED) is 0.358. The molecule has 1 aliphatic carbocycles. The van der Waals surface area contributed by atoms with Crippen molar-refractivity contribution in [3.63, 3.8) is 0 Å². The van der Waals surface area contributed by atoms with E-state index in [4.69, 9.17) is 0 Å². The third kappa shape index (κ3) is 6.49. The molecular weight excluding hydrogens is 456 g/mol. The van der Waals surface area contributed by atoms with Crippen molar-refractivity contribution in [2.45, 2.75) is 63.8 Å². The summed E-state index contributed by atoms with van der Waals surface area (Å²) in [6, 6.07) is 26.2.